The van der Waals surface area contributed by atoms with Crippen molar-refractivity contribution >= 4 is 11.8 Å². The number of nitrogens with one attached hydrogen (secondary N) is 1. The third-order valence-corrected chi connectivity index (χ3v) is 3.24. The van der Waals surface area contributed by atoms with E-state index in [4.69, 9.17) is 4.74 Å². The number of hydrogen-bond donors (Lipinski definition) is 1. The summed E-state index contributed by atoms with van der Waals surface area (Å²) in [4.78, 5) is 25.2. The van der Waals surface area contributed by atoms with Crippen LogP contribution < -0.4 is 10.1 Å². The first-order valence-electron chi connectivity index (χ1n) is 7.80. The van der Waals surface area contributed by atoms with Gasteiger partial charge >= 0.3 is 0 Å². The number of hydrogen-bond acceptors (Lipinski definition) is 3. The molecule has 1 aromatic rings. The molecule has 2 amide bonds. The molecule has 122 valence electrons. The Morgan fingerprint density at radius 3 is 2.68 bits per heavy atom. The summed E-state index contributed by atoms with van der Waals surface area (Å²) in [5.41, 5.74) is 1.15. The second kappa shape index (κ2) is 9.82. The molecule has 5 heteroatoms. The Balaban J connectivity index is 2.30. The molecule has 22 heavy (non-hydrogen) atoms. The predicted molar refractivity (Wildman–Crippen MR) is 86.8 cm³/mol. The van der Waals surface area contributed by atoms with Crippen LogP contribution in [0.4, 0.5) is 0 Å². The van der Waals surface area contributed by atoms with Gasteiger partial charge in [-0.05, 0) is 44.9 Å². The van der Waals surface area contributed by atoms with Crippen LogP contribution >= 0.6 is 0 Å². The smallest absolute Gasteiger partial charge is 0.239 e. The highest BCUT2D eigenvalue weighted by atomic mass is 16.5. The molecule has 0 spiro atoms. The highest BCUT2D eigenvalue weighted by Crippen LogP contribution is 2.12. The number of amides is 2. The molecule has 1 N–H and O–H groups in total. The van der Waals surface area contributed by atoms with Crippen molar-refractivity contribution in [2.45, 2.75) is 33.6 Å². The molecule has 1 aromatic carbocycles. The van der Waals surface area contributed by atoms with Crippen molar-refractivity contribution in [3.8, 4) is 5.75 Å². The lowest BCUT2D eigenvalue weighted by Gasteiger charge is -2.20. The summed E-state index contributed by atoms with van der Waals surface area (Å²) in [5, 5.41) is 2.70. The van der Waals surface area contributed by atoms with Crippen LogP contribution in [-0.4, -0.2) is 43.0 Å². The van der Waals surface area contributed by atoms with E-state index in [0.29, 0.717) is 32.5 Å². The van der Waals surface area contributed by atoms with Gasteiger partial charge in [-0.15, -0.1) is 0 Å². The van der Waals surface area contributed by atoms with E-state index in [-0.39, 0.29) is 18.4 Å². The molecule has 0 heterocycles. The molecule has 5 nitrogen and oxygen atoms in total. The fraction of sp³-hybridized carbons (Fsp3) is 0.529. The Bertz CT molecular complexity index is 489. The summed E-state index contributed by atoms with van der Waals surface area (Å²) in [6.45, 7) is 7.48. The lowest BCUT2D eigenvalue weighted by molar-refractivity contribution is -0.136. The van der Waals surface area contributed by atoms with Crippen LogP contribution in [-0.2, 0) is 9.59 Å². The molecule has 0 aliphatic heterocycles. The summed E-state index contributed by atoms with van der Waals surface area (Å²) < 4.78 is 5.62. The minimum atomic E-state index is -0.117. The van der Waals surface area contributed by atoms with Crippen molar-refractivity contribution in [1.82, 2.24) is 10.2 Å². The molecule has 0 atom stereocenters. The highest BCUT2D eigenvalue weighted by Gasteiger charge is 2.14. The van der Waals surface area contributed by atoms with Crippen molar-refractivity contribution in [3.05, 3.63) is 29.8 Å². The van der Waals surface area contributed by atoms with Gasteiger partial charge in [-0.3, -0.25) is 9.59 Å². The quantitative estimate of drug-likeness (QED) is 0.711. The molecule has 1 rings (SSSR count). The molecule has 0 bridgehead atoms. The van der Waals surface area contributed by atoms with Crippen LogP contribution in [0.15, 0.2) is 24.3 Å². The predicted octanol–water partition coefficient (Wildman–Crippen LogP) is 2.14. The molecule has 0 radical (unpaired) electrons. The van der Waals surface area contributed by atoms with Crippen molar-refractivity contribution < 1.29 is 14.3 Å². The number of benzene rings is 1. The molecule has 0 saturated carbocycles. The minimum absolute atomic E-state index is 0.0124. The molecule has 0 saturated heterocycles. The van der Waals surface area contributed by atoms with E-state index in [1.54, 1.807) is 4.90 Å². The maximum atomic E-state index is 12.1. The van der Waals surface area contributed by atoms with Crippen molar-refractivity contribution in [1.29, 1.82) is 0 Å². The maximum absolute atomic E-state index is 12.1. The van der Waals surface area contributed by atoms with Crippen LogP contribution in [0.2, 0.25) is 0 Å². The average Bonchev–Trinajstić information content (AvgIpc) is 2.49. The van der Waals surface area contributed by atoms with Crippen molar-refractivity contribution in [3.63, 3.8) is 0 Å². The minimum Gasteiger partial charge on any atom is -0.494 e. The van der Waals surface area contributed by atoms with Gasteiger partial charge in [0.1, 0.15) is 5.75 Å². The standard InChI is InChI=1S/C17H26N2O3/c1-4-18-16(20)13-19(5-2)17(21)10-7-11-22-15-9-6-8-14(3)12-15/h6,8-9,12H,4-5,7,10-11,13H2,1-3H3,(H,18,20). The van der Waals surface area contributed by atoms with Crippen LogP contribution in [0.25, 0.3) is 0 Å². The van der Waals surface area contributed by atoms with Crippen LogP contribution in [0.5, 0.6) is 5.75 Å². The van der Waals surface area contributed by atoms with Gasteiger partial charge in [-0.1, -0.05) is 12.1 Å². The van der Waals surface area contributed by atoms with E-state index in [9.17, 15) is 9.59 Å². The van der Waals surface area contributed by atoms with Gasteiger partial charge in [0.05, 0.1) is 13.2 Å². The second-order valence-electron chi connectivity index (χ2n) is 5.13. The van der Waals surface area contributed by atoms with Crippen molar-refractivity contribution in [2.24, 2.45) is 0 Å². The molecular weight excluding hydrogens is 280 g/mol. The number of rotatable bonds is 9. The monoisotopic (exact) mass is 306 g/mol. The zero-order chi connectivity index (χ0) is 16.4. The van der Waals surface area contributed by atoms with Gasteiger partial charge in [0.25, 0.3) is 0 Å². The number of nitrogens with zero attached hydrogens (tertiary/aromatic N) is 1. The van der Waals surface area contributed by atoms with E-state index >= 15 is 0 Å². The maximum Gasteiger partial charge on any atom is 0.239 e. The summed E-state index contributed by atoms with van der Waals surface area (Å²) in [6.07, 6.45) is 1.03. The molecule has 0 unspecified atom stereocenters. The van der Waals surface area contributed by atoms with E-state index in [1.165, 1.54) is 0 Å². The zero-order valence-corrected chi connectivity index (χ0v) is 13.7. The Kier molecular flexibility index (Phi) is 8.04. The lowest BCUT2D eigenvalue weighted by Crippen LogP contribution is -2.40. The van der Waals surface area contributed by atoms with Gasteiger partial charge in [-0.25, -0.2) is 0 Å². The Morgan fingerprint density at radius 2 is 2.05 bits per heavy atom. The zero-order valence-electron chi connectivity index (χ0n) is 13.7. The number of likely N-dealkylation sites (N-methyl/N-ethyl adjacent to an activating group) is 2. The van der Waals surface area contributed by atoms with E-state index in [2.05, 4.69) is 5.32 Å². The number of ether oxygens (including phenoxy) is 1. The largest absolute Gasteiger partial charge is 0.494 e. The van der Waals surface area contributed by atoms with Gasteiger partial charge < -0.3 is 15.0 Å². The fourth-order valence-corrected chi connectivity index (χ4v) is 2.08. The van der Waals surface area contributed by atoms with Crippen LogP contribution in [0.3, 0.4) is 0 Å². The third kappa shape index (κ3) is 6.61. The second-order valence-corrected chi connectivity index (χ2v) is 5.13. The third-order valence-electron chi connectivity index (χ3n) is 3.24. The Hall–Kier alpha value is -2.04. The lowest BCUT2D eigenvalue weighted by atomic mass is 10.2. The normalized spacial score (nSPS) is 10.1. The van der Waals surface area contributed by atoms with Gasteiger partial charge in [0, 0.05) is 19.5 Å². The molecular formula is C17H26N2O3. The molecule has 0 aliphatic carbocycles. The van der Waals surface area contributed by atoms with Crippen molar-refractivity contribution in [2.75, 3.05) is 26.2 Å². The molecule has 0 fully saturated rings. The summed E-state index contributed by atoms with van der Waals surface area (Å²) in [5.74, 6) is 0.692. The topological polar surface area (TPSA) is 58.6 Å². The first-order chi connectivity index (χ1) is 10.6. The first-order valence-corrected chi connectivity index (χ1v) is 7.80. The first kappa shape index (κ1) is 18.0. The van der Waals surface area contributed by atoms with E-state index < -0.39 is 0 Å². The number of carbonyl (C=O) groups excluding carboxylic acids is 2. The number of aryl methyl sites for hydroxylation is 1. The fourth-order valence-electron chi connectivity index (χ4n) is 2.08. The summed E-state index contributed by atoms with van der Waals surface area (Å²) >= 11 is 0. The van der Waals surface area contributed by atoms with E-state index in [1.807, 2.05) is 45.0 Å². The van der Waals surface area contributed by atoms with Gasteiger partial charge in [0.2, 0.25) is 11.8 Å². The van der Waals surface area contributed by atoms with Gasteiger partial charge in [0.15, 0.2) is 0 Å². The van der Waals surface area contributed by atoms with E-state index in [0.717, 1.165) is 11.3 Å². The number of carbonyl (C=O) groups is 2. The SMILES string of the molecule is CCNC(=O)CN(CC)C(=O)CCCOc1cccc(C)c1. The molecule has 0 aromatic heterocycles. The highest BCUT2D eigenvalue weighted by molar-refractivity contribution is 5.84. The molecule has 0 aliphatic rings. The van der Waals surface area contributed by atoms with Crippen LogP contribution in [0, 0.1) is 6.92 Å². The Morgan fingerprint density at radius 1 is 1.27 bits per heavy atom. The van der Waals surface area contributed by atoms with Gasteiger partial charge in [-0.2, -0.15) is 0 Å². The summed E-state index contributed by atoms with van der Waals surface area (Å²) in [6, 6.07) is 7.83. The van der Waals surface area contributed by atoms with Crippen LogP contribution in [0.1, 0.15) is 32.3 Å². The average molecular weight is 306 g/mol. The Labute approximate surface area is 132 Å². The summed E-state index contributed by atoms with van der Waals surface area (Å²) in [7, 11) is 0.